The van der Waals surface area contributed by atoms with Crippen LogP contribution < -0.4 is 9.80 Å². The number of aromatic carboxylic acids is 1. The molecule has 1 N–H and O–H groups in total. The van der Waals surface area contributed by atoms with Crippen LogP contribution in [0.5, 0.6) is 0 Å². The number of halogens is 1. The van der Waals surface area contributed by atoms with Crippen LogP contribution in [0.4, 0.5) is 17.2 Å². The van der Waals surface area contributed by atoms with E-state index in [1.807, 2.05) is 0 Å². The van der Waals surface area contributed by atoms with E-state index < -0.39 is 5.97 Å². The summed E-state index contributed by atoms with van der Waals surface area (Å²) < 4.78 is 0. The van der Waals surface area contributed by atoms with Gasteiger partial charge in [-0.3, -0.25) is 4.90 Å². The van der Waals surface area contributed by atoms with E-state index in [0.717, 1.165) is 58.5 Å². The van der Waals surface area contributed by atoms with Crippen molar-refractivity contribution in [3.8, 4) is 0 Å². The smallest absolute Gasteiger partial charge is 0.339 e. The van der Waals surface area contributed by atoms with E-state index in [9.17, 15) is 9.90 Å². The molecule has 184 valence electrons. The number of hydrogen-bond acceptors (Lipinski definition) is 5. The van der Waals surface area contributed by atoms with Gasteiger partial charge >= 0.3 is 5.97 Å². The highest BCUT2D eigenvalue weighted by atomic mass is 35.5. The van der Waals surface area contributed by atoms with Gasteiger partial charge in [0.2, 0.25) is 0 Å². The van der Waals surface area contributed by atoms with Gasteiger partial charge in [-0.05, 0) is 73.7 Å². The fourth-order valence-corrected chi connectivity index (χ4v) is 5.21. The summed E-state index contributed by atoms with van der Waals surface area (Å²) in [6.45, 7) is 7.62. The fraction of sp³-hybridized carbons (Fsp3) is 0.357. The molecule has 0 unspecified atom stereocenters. The highest BCUT2D eigenvalue weighted by Gasteiger charge is 2.24. The molecule has 0 atom stereocenters. The molecule has 3 heterocycles. The van der Waals surface area contributed by atoms with E-state index in [1.165, 1.54) is 28.1 Å². The van der Waals surface area contributed by atoms with E-state index >= 15 is 0 Å². The Morgan fingerprint density at radius 1 is 0.914 bits per heavy atom. The van der Waals surface area contributed by atoms with Gasteiger partial charge in [0.15, 0.2) is 0 Å². The second-order valence-corrected chi connectivity index (χ2v) is 9.27. The lowest BCUT2D eigenvalue weighted by atomic mass is 10.0. The van der Waals surface area contributed by atoms with Gasteiger partial charge in [-0.15, -0.1) is 12.4 Å². The predicted molar refractivity (Wildman–Crippen MR) is 144 cm³/mol. The van der Waals surface area contributed by atoms with E-state index in [2.05, 4.69) is 69.1 Å². The van der Waals surface area contributed by atoms with Crippen LogP contribution in [-0.4, -0.2) is 60.2 Å². The van der Waals surface area contributed by atoms with Crippen LogP contribution in [0.15, 0.2) is 60.8 Å². The average molecular weight is 493 g/mol. The molecule has 2 aliphatic rings. The van der Waals surface area contributed by atoms with E-state index in [4.69, 9.17) is 0 Å². The topological polar surface area (TPSA) is 59.9 Å². The Kier molecular flexibility index (Phi) is 7.93. The zero-order valence-corrected chi connectivity index (χ0v) is 21.0. The minimum absolute atomic E-state index is 0. The average Bonchev–Trinajstić information content (AvgIpc) is 3.01. The van der Waals surface area contributed by atoms with Crippen molar-refractivity contribution in [1.29, 1.82) is 0 Å². The summed E-state index contributed by atoms with van der Waals surface area (Å²) in [6.07, 6.45) is 4.91. The van der Waals surface area contributed by atoms with Crippen LogP contribution in [0.3, 0.4) is 0 Å². The molecule has 1 aromatic heterocycles. The van der Waals surface area contributed by atoms with Crippen LogP contribution in [0.25, 0.3) is 0 Å². The molecule has 0 aliphatic carbocycles. The summed E-state index contributed by atoms with van der Waals surface area (Å²) in [6, 6.07) is 19.0. The molecule has 35 heavy (non-hydrogen) atoms. The van der Waals surface area contributed by atoms with Crippen LogP contribution in [0.2, 0.25) is 0 Å². The molecule has 3 aromatic rings. The van der Waals surface area contributed by atoms with Gasteiger partial charge in [0.05, 0.1) is 0 Å². The standard InChI is InChI=1S/C28H32N4O2.ClH/c1-21-9-10-23-12-11-22-6-2-3-8-25(22)32(26(23)20-21)15-5-14-30-16-18-31(19-17-30)27-24(28(33)34)7-4-13-29-27;/h2-4,6-10,13,20H,5,11-12,14-19H2,1H3,(H,33,34);1H. The summed E-state index contributed by atoms with van der Waals surface area (Å²) in [5, 5.41) is 9.48. The van der Waals surface area contributed by atoms with Crippen molar-refractivity contribution < 1.29 is 9.90 Å². The van der Waals surface area contributed by atoms with Crippen LogP contribution >= 0.6 is 12.4 Å². The number of hydrogen-bond donors (Lipinski definition) is 1. The highest BCUT2D eigenvalue weighted by molar-refractivity contribution is 5.93. The van der Waals surface area contributed by atoms with Gasteiger partial charge in [0.25, 0.3) is 0 Å². The Hall–Kier alpha value is -3.09. The minimum atomic E-state index is -0.918. The first kappa shape index (κ1) is 25.0. The molecule has 1 saturated heterocycles. The quantitative estimate of drug-likeness (QED) is 0.525. The van der Waals surface area contributed by atoms with Gasteiger partial charge < -0.3 is 14.9 Å². The number of carboxylic acid groups (broad SMARTS) is 1. The van der Waals surface area contributed by atoms with E-state index in [1.54, 1.807) is 18.3 Å². The Morgan fingerprint density at radius 3 is 2.43 bits per heavy atom. The van der Waals surface area contributed by atoms with Crippen LogP contribution in [-0.2, 0) is 12.8 Å². The van der Waals surface area contributed by atoms with Crippen molar-refractivity contribution in [2.75, 3.05) is 49.1 Å². The summed E-state index contributed by atoms with van der Waals surface area (Å²) >= 11 is 0. The first-order chi connectivity index (χ1) is 16.6. The number of nitrogens with zero attached hydrogens (tertiary/aromatic N) is 4. The number of aromatic nitrogens is 1. The normalized spacial score (nSPS) is 15.6. The Labute approximate surface area is 213 Å². The second kappa shape index (κ2) is 11.1. The lowest BCUT2D eigenvalue weighted by Gasteiger charge is -2.36. The third-order valence-electron chi connectivity index (χ3n) is 7.02. The minimum Gasteiger partial charge on any atom is -0.478 e. The van der Waals surface area contributed by atoms with Gasteiger partial charge in [0, 0.05) is 50.3 Å². The van der Waals surface area contributed by atoms with Gasteiger partial charge in [-0.25, -0.2) is 9.78 Å². The molecule has 0 amide bonds. The molecule has 1 fully saturated rings. The number of anilines is 3. The maximum absolute atomic E-state index is 11.6. The monoisotopic (exact) mass is 492 g/mol. The van der Waals surface area contributed by atoms with Crippen molar-refractivity contribution in [1.82, 2.24) is 9.88 Å². The Morgan fingerprint density at radius 2 is 1.66 bits per heavy atom. The highest BCUT2D eigenvalue weighted by Crippen LogP contribution is 2.36. The molecule has 7 heteroatoms. The number of carboxylic acids is 1. The largest absolute Gasteiger partial charge is 0.478 e. The number of carbonyl (C=O) groups is 1. The van der Waals surface area contributed by atoms with Gasteiger partial charge in [0.1, 0.15) is 11.4 Å². The van der Waals surface area contributed by atoms with Crippen molar-refractivity contribution >= 4 is 35.6 Å². The van der Waals surface area contributed by atoms with Crippen molar-refractivity contribution in [3.63, 3.8) is 0 Å². The summed E-state index contributed by atoms with van der Waals surface area (Å²) in [4.78, 5) is 23.0. The van der Waals surface area contributed by atoms with Crippen molar-refractivity contribution in [3.05, 3.63) is 83.0 Å². The third-order valence-corrected chi connectivity index (χ3v) is 7.02. The molecule has 0 spiro atoms. The van der Waals surface area contributed by atoms with Crippen molar-refractivity contribution in [2.24, 2.45) is 0 Å². The molecule has 6 nitrogen and oxygen atoms in total. The SMILES string of the molecule is Cc1ccc2c(c1)N(CCCN1CCN(c3ncccc3C(=O)O)CC1)c1ccccc1CC2.Cl. The summed E-state index contributed by atoms with van der Waals surface area (Å²) in [7, 11) is 0. The number of para-hydroxylation sites is 1. The number of fused-ring (bicyclic) bond motifs is 2. The molecule has 0 saturated carbocycles. The first-order valence-corrected chi connectivity index (χ1v) is 12.2. The Balaban J connectivity index is 0.00000289. The number of piperazine rings is 1. The van der Waals surface area contributed by atoms with E-state index in [0.29, 0.717) is 5.82 Å². The number of rotatable bonds is 6. The molecule has 5 rings (SSSR count). The number of benzene rings is 2. The van der Waals surface area contributed by atoms with Gasteiger partial charge in [-0.1, -0.05) is 30.3 Å². The predicted octanol–water partition coefficient (Wildman–Crippen LogP) is 4.96. The van der Waals surface area contributed by atoms with E-state index in [-0.39, 0.29) is 18.0 Å². The first-order valence-electron chi connectivity index (χ1n) is 12.2. The second-order valence-electron chi connectivity index (χ2n) is 9.27. The lowest BCUT2D eigenvalue weighted by Crippen LogP contribution is -2.47. The Bertz CT molecular complexity index is 1180. The fourth-order valence-electron chi connectivity index (χ4n) is 5.21. The number of pyridine rings is 1. The number of aryl methyl sites for hydroxylation is 3. The molecular formula is C28H33ClN4O2. The third kappa shape index (κ3) is 5.44. The van der Waals surface area contributed by atoms with Gasteiger partial charge in [-0.2, -0.15) is 0 Å². The summed E-state index contributed by atoms with van der Waals surface area (Å²) in [5.74, 6) is -0.332. The maximum atomic E-state index is 11.6. The zero-order chi connectivity index (χ0) is 23.5. The van der Waals surface area contributed by atoms with Crippen molar-refractivity contribution in [2.45, 2.75) is 26.2 Å². The molecule has 0 radical (unpaired) electrons. The summed E-state index contributed by atoms with van der Waals surface area (Å²) in [5.41, 5.74) is 7.13. The maximum Gasteiger partial charge on any atom is 0.339 e. The zero-order valence-electron chi connectivity index (χ0n) is 20.2. The molecule has 2 aromatic carbocycles. The lowest BCUT2D eigenvalue weighted by molar-refractivity contribution is 0.0697. The molecule has 2 aliphatic heterocycles. The molecular weight excluding hydrogens is 460 g/mol. The molecule has 0 bridgehead atoms. The van der Waals surface area contributed by atoms with Crippen LogP contribution in [0.1, 0.15) is 33.5 Å². The van der Waals surface area contributed by atoms with Crippen LogP contribution in [0, 0.1) is 6.92 Å².